The summed E-state index contributed by atoms with van der Waals surface area (Å²) in [4.78, 5) is 12.0. The molecule has 0 saturated carbocycles. The minimum absolute atomic E-state index is 0.602. The highest BCUT2D eigenvalue weighted by molar-refractivity contribution is 7.99. The highest BCUT2D eigenvalue weighted by atomic mass is 35.5. The van der Waals surface area contributed by atoms with Crippen LogP contribution in [-0.4, -0.2) is 31.8 Å². The van der Waals surface area contributed by atoms with E-state index in [4.69, 9.17) is 16.3 Å². The number of halogens is 1. The molecule has 0 aliphatic rings. The van der Waals surface area contributed by atoms with Crippen LogP contribution in [0, 0.1) is 0 Å². The van der Waals surface area contributed by atoms with Crippen molar-refractivity contribution in [3.8, 4) is 5.75 Å². The number of amides is 1. The van der Waals surface area contributed by atoms with Crippen LogP contribution in [0.15, 0.2) is 58.5 Å². The van der Waals surface area contributed by atoms with Gasteiger partial charge < -0.3 is 9.47 Å². The van der Waals surface area contributed by atoms with Crippen LogP contribution in [0.3, 0.4) is 0 Å². The Morgan fingerprint density at radius 1 is 1.21 bits per heavy atom. The lowest BCUT2D eigenvalue weighted by Crippen LogP contribution is -2.16. The number of benzene rings is 2. The first-order chi connectivity index (χ1) is 11.7. The zero-order valence-corrected chi connectivity index (χ0v) is 14.6. The number of hydrogen-bond donors (Lipinski definition) is 1. The number of rotatable bonds is 7. The van der Waals surface area contributed by atoms with Crippen molar-refractivity contribution in [2.24, 2.45) is 5.10 Å². The zero-order chi connectivity index (χ0) is 17.2. The second-order valence-electron chi connectivity index (χ2n) is 4.58. The van der Waals surface area contributed by atoms with Gasteiger partial charge >= 0.3 is 6.09 Å². The summed E-state index contributed by atoms with van der Waals surface area (Å²) < 4.78 is 10.1. The Kier molecular flexibility index (Phi) is 7.45. The third-order valence-corrected chi connectivity index (χ3v) is 4.10. The Morgan fingerprint density at radius 3 is 2.58 bits per heavy atom. The summed E-state index contributed by atoms with van der Waals surface area (Å²) in [6, 6.07) is 15.1. The molecule has 0 atom stereocenters. The Labute approximate surface area is 150 Å². The van der Waals surface area contributed by atoms with E-state index in [1.807, 2.05) is 48.5 Å². The van der Waals surface area contributed by atoms with Gasteiger partial charge in [0.15, 0.2) is 0 Å². The van der Waals surface area contributed by atoms with Gasteiger partial charge in [0.2, 0.25) is 0 Å². The van der Waals surface area contributed by atoms with Gasteiger partial charge in [0.1, 0.15) is 5.75 Å². The van der Waals surface area contributed by atoms with Gasteiger partial charge in [0.25, 0.3) is 0 Å². The average molecular weight is 365 g/mol. The molecule has 0 unspecified atom stereocenters. The Balaban J connectivity index is 1.71. The molecule has 0 fully saturated rings. The number of ether oxygens (including phenoxy) is 2. The zero-order valence-electron chi connectivity index (χ0n) is 13.1. The summed E-state index contributed by atoms with van der Waals surface area (Å²) in [5.74, 6) is 1.62. The summed E-state index contributed by atoms with van der Waals surface area (Å²) in [7, 11) is 1.28. The Hall–Kier alpha value is -2.18. The molecule has 0 aromatic heterocycles. The number of nitrogens with one attached hydrogen (secondary N) is 1. The van der Waals surface area contributed by atoms with E-state index in [2.05, 4.69) is 15.3 Å². The van der Waals surface area contributed by atoms with Gasteiger partial charge in [-0.2, -0.15) is 5.10 Å². The molecule has 0 heterocycles. The predicted octanol–water partition coefficient (Wildman–Crippen LogP) is 4.20. The van der Waals surface area contributed by atoms with Crippen LogP contribution in [0.2, 0.25) is 5.02 Å². The van der Waals surface area contributed by atoms with Crippen molar-refractivity contribution in [2.75, 3.05) is 19.5 Å². The molecule has 0 radical (unpaired) electrons. The van der Waals surface area contributed by atoms with Gasteiger partial charge in [-0.05, 0) is 54.1 Å². The van der Waals surface area contributed by atoms with Crippen molar-refractivity contribution >= 4 is 35.7 Å². The number of hydrogen-bond acceptors (Lipinski definition) is 5. The van der Waals surface area contributed by atoms with E-state index >= 15 is 0 Å². The quantitative estimate of drug-likeness (QED) is 0.346. The van der Waals surface area contributed by atoms with E-state index in [1.54, 1.807) is 11.8 Å². The monoisotopic (exact) mass is 364 g/mol. The van der Waals surface area contributed by atoms with Crippen molar-refractivity contribution in [3.63, 3.8) is 0 Å². The van der Waals surface area contributed by atoms with E-state index in [-0.39, 0.29) is 0 Å². The van der Waals surface area contributed by atoms with E-state index < -0.39 is 6.09 Å². The third-order valence-electron chi connectivity index (χ3n) is 2.87. The predicted molar refractivity (Wildman–Crippen MR) is 97.2 cm³/mol. The lowest BCUT2D eigenvalue weighted by atomic mass is 10.2. The highest BCUT2D eigenvalue weighted by Gasteiger charge is 1.98. The molecule has 5 nitrogen and oxygen atoms in total. The van der Waals surface area contributed by atoms with Gasteiger partial charge in [-0.25, -0.2) is 10.2 Å². The number of hydrazone groups is 1. The molecule has 2 aromatic carbocycles. The number of nitrogens with zero attached hydrogens (tertiary/aromatic N) is 1. The maximum Gasteiger partial charge on any atom is 0.427 e. The van der Waals surface area contributed by atoms with Crippen molar-refractivity contribution in [1.29, 1.82) is 0 Å². The standard InChI is InChI=1S/C17H17ClN2O3S/c1-22-17(21)20-19-12-13-2-6-15(7-3-13)23-10-11-24-16-8-4-14(18)5-9-16/h2-9,12H,10-11H2,1H3,(H,20,21)/b19-12+. The number of methoxy groups -OCH3 is 1. The summed E-state index contributed by atoms with van der Waals surface area (Å²) in [6.45, 7) is 0.602. The maximum atomic E-state index is 10.8. The van der Waals surface area contributed by atoms with Crippen LogP contribution in [0.1, 0.15) is 5.56 Å². The molecular formula is C17H17ClN2O3S. The number of carbonyl (C=O) groups excluding carboxylic acids is 1. The molecule has 126 valence electrons. The smallest absolute Gasteiger partial charge is 0.427 e. The van der Waals surface area contributed by atoms with E-state index in [0.717, 1.165) is 27.0 Å². The highest BCUT2D eigenvalue weighted by Crippen LogP contribution is 2.20. The normalized spacial score (nSPS) is 10.6. The van der Waals surface area contributed by atoms with Gasteiger partial charge in [-0.1, -0.05) is 11.6 Å². The van der Waals surface area contributed by atoms with Gasteiger partial charge in [0.05, 0.1) is 19.9 Å². The maximum absolute atomic E-state index is 10.8. The first-order valence-electron chi connectivity index (χ1n) is 7.15. The lowest BCUT2D eigenvalue weighted by molar-refractivity contribution is 0.171. The van der Waals surface area contributed by atoms with Crippen molar-refractivity contribution < 1.29 is 14.3 Å². The molecule has 0 saturated heterocycles. The van der Waals surface area contributed by atoms with Crippen molar-refractivity contribution in [3.05, 3.63) is 59.1 Å². The minimum Gasteiger partial charge on any atom is -0.493 e. The first kappa shape index (κ1) is 18.2. The summed E-state index contributed by atoms with van der Waals surface area (Å²) >= 11 is 7.56. The summed E-state index contributed by atoms with van der Waals surface area (Å²) in [5.41, 5.74) is 3.06. The molecule has 0 aliphatic heterocycles. The SMILES string of the molecule is COC(=O)N/N=C/c1ccc(OCCSc2ccc(Cl)cc2)cc1. The fourth-order valence-corrected chi connectivity index (χ4v) is 2.56. The van der Waals surface area contributed by atoms with Crippen LogP contribution in [0.4, 0.5) is 4.79 Å². The Morgan fingerprint density at radius 2 is 1.92 bits per heavy atom. The third kappa shape index (κ3) is 6.52. The first-order valence-corrected chi connectivity index (χ1v) is 8.52. The molecule has 1 amide bonds. The van der Waals surface area contributed by atoms with Crippen LogP contribution >= 0.6 is 23.4 Å². The second-order valence-corrected chi connectivity index (χ2v) is 6.19. The van der Waals surface area contributed by atoms with Crippen LogP contribution in [0.25, 0.3) is 0 Å². The minimum atomic E-state index is -0.607. The number of thioether (sulfide) groups is 1. The molecule has 2 aromatic rings. The summed E-state index contributed by atoms with van der Waals surface area (Å²) in [5, 5.41) is 4.49. The van der Waals surface area contributed by atoms with Crippen molar-refractivity contribution in [1.82, 2.24) is 5.43 Å². The molecule has 0 bridgehead atoms. The largest absolute Gasteiger partial charge is 0.493 e. The van der Waals surface area contributed by atoms with Crippen LogP contribution in [0.5, 0.6) is 5.75 Å². The van der Waals surface area contributed by atoms with Gasteiger partial charge in [-0.15, -0.1) is 11.8 Å². The van der Waals surface area contributed by atoms with E-state index in [0.29, 0.717) is 6.61 Å². The molecule has 24 heavy (non-hydrogen) atoms. The average Bonchev–Trinajstić information content (AvgIpc) is 2.61. The fourth-order valence-electron chi connectivity index (χ4n) is 1.71. The van der Waals surface area contributed by atoms with Gasteiger partial charge in [0, 0.05) is 15.7 Å². The second kappa shape index (κ2) is 9.85. The molecule has 0 spiro atoms. The van der Waals surface area contributed by atoms with E-state index in [1.165, 1.54) is 13.3 Å². The Bertz CT molecular complexity index is 675. The molecule has 2 rings (SSSR count). The lowest BCUT2D eigenvalue weighted by Gasteiger charge is -2.06. The molecular weight excluding hydrogens is 348 g/mol. The van der Waals surface area contributed by atoms with E-state index in [9.17, 15) is 4.79 Å². The molecule has 0 aliphatic carbocycles. The summed E-state index contributed by atoms with van der Waals surface area (Å²) in [6.07, 6.45) is 0.918. The van der Waals surface area contributed by atoms with Gasteiger partial charge in [-0.3, -0.25) is 0 Å². The molecule has 7 heteroatoms. The van der Waals surface area contributed by atoms with Crippen molar-refractivity contribution in [2.45, 2.75) is 4.90 Å². The van der Waals surface area contributed by atoms with Crippen LogP contribution < -0.4 is 10.2 Å². The molecule has 1 N–H and O–H groups in total. The topological polar surface area (TPSA) is 59.9 Å². The number of carbonyl (C=O) groups is 1. The van der Waals surface area contributed by atoms with Crippen LogP contribution in [-0.2, 0) is 4.74 Å². The fraction of sp³-hybridized carbons (Fsp3) is 0.176.